The zero-order valence-corrected chi connectivity index (χ0v) is 14.7. The van der Waals surface area contributed by atoms with E-state index >= 15 is 0 Å². The smallest absolute Gasteiger partial charge is 0.244 e. The lowest BCUT2D eigenvalue weighted by atomic mass is 9.91. The average Bonchev–Trinajstić information content (AvgIpc) is 2.55. The Labute approximate surface area is 146 Å². The number of nitrogens with zero attached hydrogens (tertiary/aromatic N) is 2. The van der Waals surface area contributed by atoms with Gasteiger partial charge in [-0.25, -0.2) is 8.42 Å². The molecule has 7 heteroatoms. The summed E-state index contributed by atoms with van der Waals surface area (Å²) in [5.41, 5.74) is 1.21. The summed E-state index contributed by atoms with van der Waals surface area (Å²) in [5.74, 6) is 0.366. The maximum Gasteiger partial charge on any atom is 0.244 e. The van der Waals surface area contributed by atoms with Gasteiger partial charge in [0.15, 0.2) is 0 Å². The minimum Gasteiger partial charge on any atom is -0.265 e. The normalized spacial score (nSPS) is 17.3. The van der Waals surface area contributed by atoms with E-state index in [1.54, 1.807) is 18.5 Å². The summed E-state index contributed by atoms with van der Waals surface area (Å²) in [5, 5.41) is 0.583. The second-order valence-electron chi connectivity index (χ2n) is 5.53. The van der Waals surface area contributed by atoms with Crippen molar-refractivity contribution in [3.8, 4) is 0 Å². The predicted molar refractivity (Wildman–Crippen MR) is 91.4 cm³/mol. The Balaban J connectivity index is 1.76. The summed E-state index contributed by atoms with van der Waals surface area (Å²) in [6.07, 6.45) is 5.11. The van der Waals surface area contributed by atoms with Crippen LogP contribution in [-0.2, 0) is 10.0 Å². The van der Waals surface area contributed by atoms with Crippen LogP contribution in [0.1, 0.15) is 24.3 Å². The molecule has 1 saturated heterocycles. The van der Waals surface area contributed by atoms with E-state index in [2.05, 4.69) is 4.98 Å². The van der Waals surface area contributed by atoms with E-state index in [0.29, 0.717) is 24.0 Å². The van der Waals surface area contributed by atoms with E-state index in [1.165, 1.54) is 22.0 Å². The van der Waals surface area contributed by atoms with Crippen LogP contribution >= 0.6 is 23.2 Å². The molecule has 0 amide bonds. The summed E-state index contributed by atoms with van der Waals surface area (Å²) in [4.78, 5) is 4.14. The van der Waals surface area contributed by atoms with Crippen molar-refractivity contribution < 1.29 is 8.42 Å². The molecular weight excluding hydrogens is 355 g/mol. The Morgan fingerprint density at radius 1 is 1.04 bits per heavy atom. The van der Waals surface area contributed by atoms with Crippen LogP contribution in [0.15, 0.2) is 47.6 Å². The van der Waals surface area contributed by atoms with Crippen molar-refractivity contribution in [3.63, 3.8) is 0 Å². The summed E-state index contributed by atoms with van der Waals surface area (Å²) in [6.45, 7) is 0.961. The molecular formula is C16H16Cl2N2O2S. The number of piperidine rings is 1. The molecule has 1 aromatic heterocycles. The summed E-state index contributed by atoms with van der Waals surface area (Å²) in [6, 6.07) is 8.45. The van der Waals surface area contributed by atoms with E-state index in [-0.39, 0.29) is 9.92 Å². The van der Waals surface area contributed by atoms with Gasteiger partial charge in [-0.2, -0.15) is 4.31 Å². The van der Waals surface area contributed by atoms with Crippen molar-refractivity contribution >= 4 is 33.2 Å². The number of aromatic nitrogens is 1. The zero-order chi connectivity index (χ0) is 16.4. The van der Waals surface area contributed by atoms with Gasteiger partial charge in [-0.15, -0.1) is 0 Å². The topological polar surface area (TPSA) is 50.3 Å². The quantitative estimate of drug-likeness (QED) is 0.821. The number of benzene rings is 1. The third kappa shape index (κ3) is 3.53. The van der Waals surface area contributed by atoms with Gasteiger partial charge in [-0.3, -0.25) is 4.98 Å². The van der Waals surface area contributed by atoms with Crippen molar-refractivity contribution in [3.05, 3.63) is 58.3 Å². The maximum atomic E-state index is 12.8. The highest BCUT2D eigenvalue weighted by Gasteiger charge is 2.31. The number of halogens is 2. The largest absolute Gasteiger partial charge is 0.265 e. The SMILES string of the molecule is O=S(=O)(c1ccc(Cl)cc1Cl)N1CCC(c2ccncc2)CC1. The van der Waals surface area contributed by atoms with E-state index in [9.17, 15) is 8.42 Å². The lowest BCUT2D eigenvalue weighted by molar-refractivity contribution is 0.319. The average molecular weight is 371 g/mol. The van der Waals surface area contributed by atoms with Gasteiger partial charge in [-0.1, -0.05) is 23.2 Å². The zero-order valence-electron chi connectivity index (χ0n) is 12.3. The van der Waals surface area contributed by atoms with E-state index in [0.717, 1.165) is 12.8 Å². The molecule has 0 unspecified atom stereocenters. The fourth-order valence-corrected chi connectivity index (χ4v) is 5.10. The molecule has 2 aromatic rings. The van der Waals surface area contributed by atoms with Gasteiger partial charge in [0.1, 0.15) is 4.90 Å². The molecule has 0 atom stereocenters. The molecule has 0 spiro atoms. The molecule has 0 radical (unpaired) electrons. The van der Waals surface area contributed by atoms with Gasteiger partial charge in [0.25, 0.3) is 0 Å². The molecule has 4 nitrogen and oxygen atoms in total. The van der Waals surface area contributed by atoms with E-state index < -0.39 is 10.0 Å². The molecule has 1 fully saturated rings. The second kappa shape index (κ2) is 6.77. The van der Waals surface area contributed by atoms with Crippen LogP contribution in [0.25, 0.3) is 0 Å². The molecule has 0 N–H and O–H groups in total. The Morgan fingerprint density at radius 3 is 2.30 bits per heavy atom. The highest BCUT2D eigenvalue weighted by Crippen LogP contribution is 2.33. The first-order chi connectivity index (χ1) is 11.0. The van der Waals surface area contributed by atoms with Crippen molar-refractivity contribution in [2.45, 2.75) is 23.7 Å². The summed E-state index contributed by atoms with van der Waals surface area (Å²) < 4.78 is 27.0. The standard InChI is InChI=1S/C16H16Cl2N2O2S/c17-14-1-2-16(15(18)11-14)23(21,22)20-9-5-13(6-10-20)12-3-7-19-8-4-12/h1-4,7-8,11,13H,5-6,9-10H2. The summed E-state index contributed by atoms with van der Waals surface area (Å²) in [7, 11) is -3.58. The number of sulfonamides is 1. The first kappa shape index (κ1) is 16.7. The van der Waals surface area contributed by atoms with Crippen molar-refractivity contribution in [1.29, 1.82) is 0 Å². The fraction of sp³-hybridized carbons (Fsp3) is 0.312. The van der Waals surface area contributed by atoms with Gasteiger partial charge in [0.2, 0.25) is 10.0 Å². The van der Waals surface area contributed by atoms with Crippen molar-refractivity contribution in [1.82, 2.24) is 9.29 Å². The number of hydrogen-bond donors (Lipinski definition) is 0. The Kier molecular flexibility index (Phi) is 4.92. The molecule has 23 heavy (non-hydrogen) atoms. The predicted octanol–water partition coefficient (Wildman–Crippen LogP) is 3.96. The molecule has 0 bridgehead atoms. The van der Waals surface area contributed by atoms with Crippen LogP contribution in [0.3, 0.4) is 0 Å². The monoisotopic (exact) mass is 370 g/mol. The lowest BCUT2D eigenvalue weighted by Crippen LogP contribution is -2.38. The van der Waals surface area contributed by atoms with Crippen LogP contribution < -0.4 is 0 Å². The van der Waals surface area contributed by atoms with Gasteiger partial charge < -0.3 is 0 Å². The van der Waals surface area contributed by atoms with Gasteiger partial charge in [0.05, 0.1) is 5.02 Å². The van der Waals surface area contributed by atoms with Crippen LogP contribution in [0.5, 0.6) is 0 Å². The maximum absolute atomic E-state index is 12.8. The highest BCUT2D eigenvalue weighted by atomic mass is 35.5. The third-order valence-electron chi connectivity index (χ3n) is 4.14. The van der Waals surface area contributed by atoms with Gasteiger partial charge in [0, 0.05) is 30.5 Å². The molecule has 1 aliphatic heterocycles. The second-order valence-corrected chi connectivity index (χ2v) is 8.28. The van der Waals surface area contributed by atoms with Crippen LogP contribution in [-0.4, -0.2) is 30.8 Å². The molecule has 3 rings (SSSR count). The highest BCUT2D eigenvalue weighted by molar-refractivity contribution is 7.89. The molecule has 2 heterocycles. The summed E-state index contributed by atoms with van der Waals surface area (Å²) >= 11 is 11.9. The molecule has 0 aliphatic carbocycles. The molecule has 1 aromatic carbocycles. The Bertz CT molecular complexity index is 789. The Hall–Kier alpha value is -1.14. The lowest BCUT2D eigenvalue weighted by Gasteiger charge is -2.31. The number of hydrogen-bond acceptors (Lipinski definition) is 3. The van der Waals surface area contributed by atoms with E-state index in [1.807, 2.05) is 12.1 Å². The van der Waals surface area contributed by atoms with Gasteiger partial charge in [-0.05, 0) is 54.7 Å². The minimum absolute atomic E-state index is 0.117. The first-order valence-corrected chi connectivity index (χ1v) is 9.53. The van der Waals surface area contributed by atoms with Crippen molar-refractivity contribution in [2.75, 3.05) is 13.1 Å². The van der Waals surface area contributed by atoms with Crippen LogP contribution in [0.2, 0.25) is 10.0 Å². The fourth-order valence-electron chi connectivity index (χ4n) is 2.89. The third-order valence-corrected chi connectivity index (χ3v) is 6.76. The molecule has 122 valence electrons. The number of pyridine rings is 1. The van der Waals surface area contributed by atoms with Crippen LogP contribution in [0, 0.1) is 0 Å². The minimum atomic E-state index is -3.58. The molecule has 1 aliphatic rings. The van der Waals surface area contributed by atoms with Gasteiger partial charge >= 0.3 is 0 Å². The number of rotatable bonds is 3. The Morgan fingerprint density at radius 2 is 1.70 bits per heavy atom. The molecule has 0 saturated carbocycles. The van der Waals surface area contributed by atoms with E-state index in [4.69, 9.17) is 23.2 Å². The van der Waals surface area contributed by atoms with Crippen LogP contribution in [0.4, 0.5) is 0 Å². The van der Waals surface area contributed by atoms with Crippen molar-refractivity contribution in [2.24, 2.45) is 0 Å². The first-order valence-electron chi connectivity index (χ1n) is 7.33.